The zero-order chi connectivity index (χ0) is 24.8. The number of ketones is 2. The maximum atomic E-state index is 12.9. The van der Waals surface area contributed by atoms with Crippen LogP contribution < -0.4 is 0 Å². The Bertz CT molecular complexity index is 1190. The Balaban J connectivity index is 1.76. The van der Waals surface area contributed by atoms with E-state index in [1.54, 1.807) is 6.92 Å². The van der Waals surface area contributed by atoms with Gasteiger partial charge in [0.25, 0.3) is 0 Å². The normalized spacial score (nSPS) is 12.9. The van der Waals surface area contributed by atoms with Crippen LogP contribution in [0.5, 0.6) is 0 Å². The van der Waals surface area contributed by atoms with Crippen molar-refractivity contribution in [3.05, 3.63) is 63.7 Å². The zero-order valence-corrected chi connectivity index (χ0v) is 19.9. The van der Waals surface area contributed by atoms with Crippen molar-refractivity contribution in [3.63, 3.8) is 0 Å². The van der Waals surface area contributed by atoms with Gasteiger partial charge in [0.1, 0.15) is 23.9 Å². The molecule has 11 nitrogen and oxygen atoms in total. The number of pyridine rings is 1. The predicted octanol–water partition coefficient (Wildman–Crippen LogP) is 2.61. The monoisotopic (exact) mass is 535 g/mol. The molecule has 3 aromatic rings. The first-order chi connectivity index (χ1) is 16.2. The minimum atomic E-state index is -0.835. The van der Waals surface area contributed by atoms with Crippen molar-refractivity contribution in [1.82, 2.24) is 15.0 Å². The number of halogens is 1. The number of hydrogen-bond acceptors (Lipinski definition) is 11. The van der Waals surface area contributed by atoms with Gasteiger partial charge >= 0.3 is 5.97 Å². The van der Waals surface area contributed by atoms with E-state index >= 15 is 0 Å². The lowest BCUT2D eigenvalue weighted by Gasteiger charge is -2.11. The number of aliphatic hydroxyl groups excluding tert-OH is 2. The first kappa shape index (κ1) is 25.4. The van der Waals surface area contributed by atoms with E-state index in [2.05, 4.69) is 35.6 Å². The SMILES string of the molecule is COC(=O)c1coc(C(CO)CC(=O)c2cc(Br)cc(C(=O)CC(CO)c3nc(C)co3)n2)n1. The summed E-state index contributed by atoms with van der Waals surface area (Å²) in [5.41, 5.74) is 0.543. The molecule has 0 radical (unpaired) electrons. The molecule has 3 rings (SSSR count). The quantitative estimate of drug-likeness (QED) is 0.273. The molecule has 0 saturated heterocycles. The van der Waals surface area contributed by atoms with Crippen molar-refractivity contribution in [2.75, 3.05) is 20.3 Å². The third-order valence-electron chi connectivity index (χ3n) is 4.92. The Morgan fingerprint density at radius 1 is 0.912 bits per heavy atom. The number of aliphatic hydroxyl groups is 2. The molecule has 3 aromatic heterocycles. The van der Waals surface area contributed by atoms with Gasteiger partial charge < -0.3 is 23.8 Å². The second-order valence-corrected chi connectivity index (χ2v) is 8.37. The molecule has 0 aliphatic carbocycles. The van der Waals surface area contributed by atoms with Gasteiger partial charge in [-0.1, -0.05) is 15.9 Å². The molecule has 2 N–H and O–H groups in total. The minimum absolute atomic E-state index is 0.00502. The minimum Gasteiger partial charge on any atom is -0.464 e. The highest BCUT2D eigenvalue weighted by atomic mass is 79.9. The molecule has 2 atom stereocenters. The number of ether oxygens (including phenoxy) is 1. The largest absolute Gasteiger partial charge is 0.464 e. The van der Waals surface area contributed by atoms with E-state index in [1.807, 2.05) is 0 Å². The molecule has 0 aliphatic rings. The van der Waals surface area contributed by atoms with Crippen LogP contribution >= 0.6 is 15.9 Å². The summed E-state index contributed by atoms with van der Waals surface area (Å²) in [6, 6.07) is 2.92. The summed E-state index contributed by atoms with van der Waals surface area (Å²) < 4.78 is 15.5. The number of aromatic nitrogens is 3. The fourth-order valence-electron chi connectivity index (χ4n) is 3.13. The van der Waals surface area contributed by atoms with Crippen LogP contribution in [0.2, 0.25) is 0 Å². The van der Waals surface area contributed by atoms with E-state index in [9.17, 15) is 24.6 Å². The summed E-state index contributed by atoms with van der Waals surface area (Å²) in [6.07, 6.45) is 2.15. The molecular formula is C22H22BrN3O8. The standard InChI is InChI=1S/C22H22BrN3O8/c1-11-9-33-20(24-11)12(7-27)3-18(29)15-5-14(23)6-16(25-15)19(30)4-13(8-28)21-26-17(10-34-21)22(31)32-2/h5-6,9-10,12-13,27-28H,3-4,7-8H2,1-2H3. The summed E-state index contributed by atoms with van der Waals surface area (Å²) in [5.74, 6) is -2.87. The van der Waals surface area contributed by atoms with Gasteiger partial charge in [-0.15, -0.1) is 0 Å². The first-order valence-corrected chi connectivity index (χ1v) is 11.0. The predicted molar refractivity (Wildman–Crippen MR) is 119 cm³/mol. The molecule has 34 heavy (non-hydrogen) atoms. The number of Topliss-reactive ketones (excluding diaryl/α,β-unsaturated/α-hetero) is 2. The van der Waals surface area contributed by atoms with Crippen molar-refractivity contribution >= 4 is 33.5 Å². The Kier molecular flexibility index (Phi) is 8.42. The van der Waals surface area contributed by atoms with Gasteiger partial charge in [-0.25, -0.2) is 19.7 Å². The molecule has 2 unspecified atom stereocenters. The van der Waals surface area contributed by atoms with Gasteiger partial charge in [-0.05, 0) is 19.1 Å². The average Bonchev–Trinajstić information content (AvgIpc) is 3.49. The topological polar surface area (TPSA) is 166 Å². The maximum absolute atomic E-state index is 12.9. The van der Waals surface area contributed by atoms with Crippen LogP contribution in [0.3, 0.4) is 0 Å². The number of nitrogens with zero attached hydrogens (tertiary/aromatic N) is 3. The number of rotatable bonds is 11. The lowest BCUT2D eigenvalue weighted by atomic mass is 9.99. The van der Waals surface area contributed by atoms with Gasteiger partial charge in [0.2, 0.25) is 5.89 Å². The molecule has 0 aromatic carbocycles. The van der Waals surface area contributed by atoms with E-state index in [0.717, 1.165) is 6.26 Å². The highest BCUT2D eigenvalue weighted by molar-refractivity contribution is 9.10. The molecule has 0 bridgehead atoms. The van der Waals surface area contributed by atoms with Crippen LogP contribution in [0.4, 0.5) is 0 Å². The number of oxazole rings is 2. The molecule has 180 valence electrons. The number of aryl methyl sites for hydroxylation is 1. The highest BCUT2D eigenvalue weighted by Gasteiger charge is 2.26. The number of carbonyl (C=O) groups is 3. The lowest BCUT2D eigenvalue weighted by molar-refractivity contribution is 0.0593. The summed E-state index contributed by atoms with van der Waals surface area (Å²) in [7, 11) is 1.19. The first-order valence-electron chi connectivity index (χ1n) is 10.2. The molecule has 3 heterocycles. The fraction of sp³-hybridized carbons (Fsp3) is 0.364. The number of methoxy groups -OCH3 is 1. The van der Waals surface area contributed by atoms with Crippen molar-refractivity contribution in [2.45, 2.75) is 31.6 Å². The molecule has 12 heteroatoms. The maximum Gasteiger partial charge on any atom is 0.360 e. The molecular weight excluding hydrogens is 514 g/mol. The third-order valence-corrected chi connectivity index (χ3v) is 5.38. The van der Waals surface area contributed by atoms with Crippen LogP contribution in [-0.4, -0.2) is 63.0 Å². The van der Waals surface area contributed by atoms with E-state index in [-0.39, 0.29) is 48.3 Å². The van der Waals surface area contributed by atoms with Crippen LogP contribution in [0.25, 0.3) is 0 Å². The van der Waals surface area contributed by atoms with Crippen molar-refractivity contribution in [1.29, 1.82) is 0 Å². The molecule has 0 spiro atoms. The van der Waals surface area contributed by atoms with E-state index in [0.29, 0.717) is 10.2 Å². The second-order valence-electron chi connectivity index (χ2n) is 7.46. The van der Waals surface area contributed by atoms with E-state index in [1.165, 1.54) is 25.5 Å². The summed E-state index contributed by atoms with van der Waals surface area (Å²) in [4.78, 5) is 49.6. The summed E-state index contributed by atoms with van der Waals surface area (Å²) >= 11 is 3.28. The Morgan fingerprint density at radius 2 is 1.44 bits per heavy atom. The van der Waals surface area contributed by atoms with Gasteiger partial charge in [0, 0.05) is 17.3 Å². The number of hydrogen-bond donors (Lipinski definition) is 2. The van der Waals surface area contributed by atoms with Gasteiger partial charge in [-0.2, -0.15) is 0 Å². The fourth-order valence-corrected chi connectivity index (χ4v) is 3.57. The number of esters is 1. The van der Waals surface area contributed by atoms with Crippen molar-refractivity contribution in [3.8, 4) is 0 Å². The van der Waals surface area contributed by atoms with Crippen LogP contribution in [0.15, 0.2) is 38.0 Å². The lowest BCUT2D eigenvalue weighted by Crippen LogP contribution is -2.16. The van der Waals surface area contributed by atoms with Crippen LogP contribution in [0, 0.1) is 6.92 Å². The zero-order valence-electron chi connectivity index (χ0n) is 18.4. The third kappa shape index (κ3) is 6.01. The number of carbonyl (C=O) groups excluding carboxylic acids is 3. The average molecular weight is 536 g/mol. The van der Waals surface area contributed by atoms with Crippen molar-refractivity contribution in [2.24, 2.45) is 0 Å². The van der Waals surface area contributed by atoms with E-state index < -0.39 is 36.0 Å². The molecule has 0 amide bonds. The summed E-state index contributed by atoms with van der Waals surface area (Å²) in [6.45, 7) is 0.902. The van der Waals surface area contributed by atoms with Crippen LogP contribution in [0.1, 0.15) is 73.6 Å². The molecule has 0 fully saturated rings. The Labute approximate surface area is 202 Å². The highest BCUT2D eigenvalue weighted by Crippen LogP contribution is 2.25. The van der Waals surface area contributed by atoms with Gasteiger partial charge in [0.15, 0.2) is 23.2 Å². The Morgan fingerprint density at radius 3 is 1.91 bits per heavy atom. The van der Waals surface area contributed by atoms with Crippen LogP contribution in [-0.2, 0) is 4.74 Å². The second kappa shape index (κ2) is 11.3. The van der Waals surface area contributed by atoms with Gasteiger partial charge in [-0.3, -0.25) is 9.59 Å². The molecule has 0 saturated carbocycles. The molecule has 0 aliphatic heterocycles. The smallest absolute Gasteiger partial charge is 0.360 e. The van der Waals surface area contributed by atoms with Crippen molar-refractivity contribution < 1.29 is 38.2 Å². The van der Waals surface area contributed by atoms with E-state index in [4.69, 9.17) is 8.83 Å². The summed E-state index contributed by atoms with van der Waals surface area (Å²) in [5, 5.41) is 19.4. The Hall–Kier alpha value is -3.22. The van der Waals surface area contributed by atoms with Gasteiger partial charge in [0.05, 0.1) is 37.9 Å².